The van der Waals surface area contributed by atoms with E-state index < -0.39 is 27.4 Å². The van der Waals surface area contributed by atoms with Gasteiger partial charge in [0.2, 0.25) is 10.0 Å². The monoisotopic (exact) mass is 496 g/mol. The highest BCUT2D eigenvalue weighted by atomic mass is 32.2. The van der Waals surface area contributed by atoms with Crippen LogP contribution >= 0.6 is 0 Å². The minimum Gasteiger partial charge on any atom is -0.489 e. The minimum atomic E-state index is -3.88. The first-order valence-electron chi connectivity index (χ1n) is 10.4. The Labute approximate surface area is 203 Å². The fourth-order valence-electron chi connectivity index (χ4n) is 3.01. The van der Waals surface area contributed by atoms with Gasteiger partial charge in [0, 0.05) is 12.1 Å². The van der Waals surface area contributed by atoms with Gasteiger partial charge in [0.1, 0.15) is 18.9 Å². The smallest absolute Gasteiger partial charge is 0.271 e. The van der Waals surface area contributed by atoms with Gasteiger partial charge in [0.25, 0.3) is 11.6 Å². The van der Waals surface area contributed by atoms with Crippen LogP contribution in [-0.2, 0) is 21.4 Å². The summed E-state index contributed by atoms with van der Waals surface area (Å²) in [4.78, 5) is 22.6. The number of sulfonamides is 1. The molecule has 3 rings (SSSR count). The number of nitro benzene ring substituents is 1. The maximum Gasteiger partial charge on any atom is 0.271 e. The maximum atomic E-state index is 12.3. The van der Waals surface area contributed by atoms with Crippen LogP contribution in [0.1, 0.15) is 16.7 Å². The highest BCUT2D eigenvalue weighted by Gasteiger charge is 2.22. The van der Waals surface area contributed by atoms with Crippen molar-refractivity contribution in [3.8, 4) is 5.75 Å². The van der Waals surface area contributed by atoms with Crippen LogP contribution in [0.2, 0.25) is 0 Å². The van der Waals surface area contributed by atoms with Gasteiger partial charge >= 0.3 is 0 Å². The number of carbonyl (C=O) groups is 1. The first-order valence-corrected chi connectivity index (χ1v) is 12.3. The molecule has 0 fully saturated rings. The number of hydrazone groups is 1. The molecule has 0 aliphatic carbocycles. The zero-order valence-corrected chi connectivity index (χ0v) is 19.9. The van der Waals surface area contributed by atoms with Gasteiger partial charge in [-0.2, -0.15) is 5.10 Å². The van der Waals surface area contributed by atoms with Crippen molar-refractivity contribution in [2.75, 3.05) is 17.1 Å². The third kappa shape index (κ3) is 7.64. The molecule has 0 spiro atoms. The molecule has 3 aromatic rings. The zero-order chi connectivity index (χ0) is 25.4. The Morgan fingerprint density at radius 3 is 2.43 bits per heavy atom. The molecule has 11 heteroatoms. The van der Waals surface area contributed by atoms with Crippen molar-refractivity contribution in [1.29, 1.82) is 0 Å². The van der Waals surface area contributed by atoms with E-state index in [4.69, 9.17) is 4.74 Å². The number of anilines is 1. The van der Waals surface area contributed by atoms with E-state index in [1.54, 1.807) is 24.3 Å². The van der Waals surface area contributed by atoms with Gasteiger partial charge in [0.15, 0.2) is 0 Å². The van der Waals surface area contributed by atoms with E-state index in [1.165, 1.54) is 30.0 Å². The van der Waals surface area contributed by atoms with Crippen LogP contribution in [0.15, 0.2) is 77.9 Å². The molecular formula is C24H24N4O6S. The van der Waals surface area contributed by atoms with E-state index in [0.29, 0.717) is 17.9 Å². The molecular weight excluding hydrogens is 472 g/mol. The number of nitro groups is 1. The summed E-state index contributed by atoms with van der Waals surface area (Å²) < 4.78 is 30.8. The third-order valence-electron chi connectivity index (χ3n) is 4.83. The molecule has 182 valence electrons. The SMILES string of the molecule is Cc1ccc(COc2ccc(/C=N\NC(=O)CN(c3cccc([N+](=O)[O-])c3)S(C)(=O)=O)cc2)cc1. The van der Waals surface area contributed by atoms with E-state index in [-0.39, 0.29) is 11.4 Å². The minimum absolute atomic E-state index is 0.00190. The average molecular weight is 497 g/mol. The van der Waals surface area contributed by atoms with E-state index in [2.05, 4.69) is 10.5 Å². The van der Waals surface area contributed by atoms with E-state index in [9.17, 15) is 23.3 Å². The van der Waals surface area contributed by atoms with Crippen LogP contribution in [0.4, 0.5) is 11.4 Å². The zero-order valence-electron chi connectivity index (χ0n) is 19.1. The first kappa shape index (κ1) is 25.4. The van der Waals surface area contributed by atoms with E-state index in [1.807, 2.05) is 31.2 Å². The summed E-state index contributed by atoms with van der Waals surface area (Å²) in [5.41, 5.74) is 4.89. The normalized spacial score (nSPS) is 11.3. The van der Waals surface area contributed by atoms with Crippen molar-refractivity contribution in [2.24, 2.45) is 5.10 Å². The molecule has 0 aromatic heterocycles. The van der Waals surface area contributed by atoms with Crippen molar-refractivity contribution < 1.29 is 22.9 Å². The number of ether oxygens (including phenoxy) is 1. The van der Waals surface area contributed by atoms with E-state index >= 15 is 0 Å². The standard InChI is InChI=1S/C24H24N4O6S/c1-18-6-8-20(9-7-18)17-34-23-12-10-19(11-13-23)15-25-26-24(29)16-27(35(2,32)33)21-4-3-5-22(14-21)28(30)31/h3-15H,16-17H2,1-2H3,(H,26,29)/b25-15-. The summed E-state index contributed by atoms with van der Waals surface area (Å²) in [7, 11) is -3.88. The fraction of sp³-hybridized carbons (Fsp3) is 0.167. The van der Waals surface area contributed by atoms with Crippen LogP contribution < -0.4 is 14.5 Å². The van der Waals surface area contributed by atoms with E-state index in [0.717, 1.165) is 22.2 Å². The van der Waals surface area contributed by atoms with Crippen LogP contribution in [0.3, 0.4) is 0 Å². The lowest BCUT2D eigenvalue weighted by atomic mass is 10.2. The number of aryl methyl sites for hydroxylation is 1. The predicted octanol–water partition coefficient (Wildman–Crippen LogP) is 3.40. The predicted molar refractivity (Wildman–Crippen MR) is 133 cm³/mol. The Morgan fingerprint density at radius 1 is 1.11 bits per heavy atom. The molecule has 0 atom stereocenters. The number of nitrogens with zero attached hydrogens (tertiary/aromatic N) is 3. The summed E-state index contributed by atoms with van der Waals surface area (Å²) >= 11 is 0. The summed E-state index contributed by atoms with van der Waals surface area (Å²) in [6.45, 7) is 1.86. The number of benzene rings is 3. The number of rotatable bonds is 10. The second kappa shape index (κ2) is 11.3. The highest BCUT2D eigenvalue weighted by Crippen LogP contribution is 2.23. The molecule has 0 aliphatic heterocycles. The molecule has 1 amide bonds. The van der Waals surface area contributed by atoms with Crippen molar-refractivity contribution >= 4 is 33.5 Å². The van der Waals surface area contributed by atoms with Crippen LogP contribution in [0.5, 0.6) is 5.75 Å². The number of hydrogen-bond donors (Lipinski definition) is 1. The quantitative estimate of drug-likeness (QED) is 0.260. The van der Waals surface area contributed by atoms with Gasteiger partial charge in [-0.05, 0) is 48.4 Å². The Bertz CT molecular complexity index is 1320. The highest BCUT2D eigenvalue weighted by molar-refractivity contribution is 7.92. The number of carbonyl (C=O) groups excluding carboxylic acids is 1. The van der Waals surface area contributed by atoms with Crippen LogP contribution in [-0.4, -0.2) is 38.3 Å². The molecule has 0 heterocycles. The van der Waals surface area contributed by atoms with Gasteiger partial charge in [-0.3, -0.25) is 19.2 Å². The van der Waals surface area contributed by atoms with Crippen molar-refractivity contribution in [2.45, 2.75) is 13.5 Å². The summed E-state index contributed by atoms with van der Waals surface area (Å²) in [6.07, 6.45) is 2.31. The lowest BCUT2D eigenvalue weighted by Crippen LogP contribution is -2.39. The van der Waals surface area contributed by atoms with Crippen molar-refractivity contribution in [3.05, 3.63) is 99.6 Å². The molecule has 0 saturated heterocycles. The molecule has 35 heavy (non-hydrogen) atoms. The molecule has 10 nitrogen and oxygen atoms in total. The number of amides is 1. The Kier molecular flexibility index (Phi) is 8.16. The Hall–Kier alpha value is -4.25. The summed E-state index contributed by atoms with van der Waals surface area (Å²) in [5.74, 6) is -0.0382. The maximum absolute atomic E-state index is 12.3. The molecule has 1 N–H and O–H groups in total. The first-order chi connectivity index (χ1) is 16.6. The summed E-state index contributed by atoms with van der Waals surface area (Å²) in [6, 6.07) is 20.1. The molecule has 0 bridgehead atoms. The molecule has 0 unspecified atom stereocenters. The van der Waals surface area contributed by atoms with Crippen LogP contribution in [0, 0.1) is 17.0 Å². The molecule has 0 radical (unpaired) electrons. The number of nitrogens with one attached hydrogen (secondary N) is 1. The molecule has 0 aliphatic rings. The lowest BCUT2D eigenvalue weighted by Gasteiger charge is -2.21. The topological polar surface area (TPSA) is 131 Å². The molecule has 0 saturated carbocycles. The average Bonchev–Trinajstić information content (AvgIpc) is 2.82. The van der Waals surface area contributed by atoms with Gasteiger partial charge in [-0.15, -0.1) is 0 Å². The van der Waals surface area contributed by atoms with Gasteiger partial charge in [-0.25, -0.2) is 13.8 Å². The Morgan fingerprint density at radius 2 is 1.80 bits per heavy atom. The fourth-order valence-corrected chi connectivity index (χ4v) is 3.86. The second-order valence-corrected chi connectivity index (χ2v) is 9.59. The number of non-ortho nitro benzene ring substituents is 1. The van der Waals surface area contributed by atoms with Gasteiger partial charge < -0.3 is 4.74 Å². The largest absolute Gasteiger partial charge is 0.489 e. The Balaban J connectivity index is 1.57. The molecule has 3 aromatic carbocycles. The lowest BCUT2D eigenvalue weighted by molar-refractivity contribution is -0.384. The second-order valence-electron chi connectivity index (χ2n) is 7.68. The van der Waals surface area contributed by atoms with Crippen LogP contribution in [0.25, 0.3) is 0 Å². The van der Waals surface area contributed by atoms with Crippen molar-refractivity contribution in [1.82, 2.24) is 5.43 Å². The van der Waals surface area contributed by atoms with Gasteiger partial charge in [-0.1, -0.05) is 35.9 Å². The third-order valence-corrected chi connectivity index (χ3v) is 5.97. The summed E-state index contributed by atoms with van der Waals surface area (Å²) in [5, 5.41) is 14.8. The van der Waals surface area contributed by atoms with Crippen molar-refractivity contribution in [3.63, 3.8) is 0 Å². The number of hydrogen-bond acceptors (Lipinski definition) is 7. The van der Waals surface area contributed by atoms with Gasteiger partial charge in [0.05, 0.1) is 23.1 Å².